The lowest BCUT2D eigenvalue weighted by molar-refractivity contribution is 0.0309. The molecule has 0 fully saturated rings. The van der Waals surface area contributed by atoms with Gasteiger partial charge in [-0.15, -0.1) is 0 Å². The second kappa shape index (κ2) is 7.39. The molecule has 1 unspecified atom stereocenters. The number of hydrogen-bond donors (Lipinski definition) is 2. The Hall–Kier alpha value is -1.06. The minimum atomic E-state index is -0.728. The molecule has 0 heterocycles. The van der Waals surface area contributed by atoms with E-state index in [0.717, 1.165) is 18.6 Å². The quantitative estimate of drug-likeness (QED) is 0.698. The standard InChI is InChI=1S/C15H25NO2/c1-3-13-7-5-8-14(11-13)18-10-6-9-15(17,4-2)12-16/h5,7-8,11,17H,3-4,6,9-10,12,16H2,1-2H3. The van der Waals surface area contributed by atoms with Crippen molar-refractivity contribution in [3.05, 3.63) is 29.8 Å². The van der Waals surface area contributed by atoms with Crippen molar-refractivity contribution in [2.45, 2.75) is 45.1 Å². The van der Waals surface area contributed by atoms with Gasteiger partial charge >= 0.3 is 0 Å². The molecule has 1 atom stereocenters. The summed E-state index contributed by atoms with van der Waals surface area (Å²) in [4.78, 5) is 0. The lowest BCUT2D eigenvalue weighted by atomic mass is 9.95. The number of benzene rings is 1. The van der Waals surface area contributed by atoms with E-state index in [4.69, 9.17) is 10.5 Å². The highest BCUT2D eigenvalue weighted by atomic mass is 16.5. The number of hydrogen-bond acceptors (Lipinski definition) is 3. The third kappa shape index (κ3) is 4.67. The van der Waals surface area contributed by atoms with Crippen LogP contribution in [-0.4, -0.2) is 23.9 Å². The van der Waals surface area contributed by atoms with E-state index in [9.17, 15) is 5.11 Å². The van der Waals surface area contributed by atoms with Gasteiger partial charge in [0.15, 0.2) is 0 Å². The smallest absolute Gasteiger partial charge is 0.119 e. The second-order valence-electron chi connectivity index (χ2n) is 4.73. The third-order valence-corrected chi connectivity index (χ3v) is 3.40. The van der Waals surface area contributed by atoms with Gasteiger partial charge in [-0.3, -0.25) is 0 Å². The Morgan fingerprint density at radius 3 is 2.72 bits per heavy atom. The highest BCUT2D eigenvalue weighted by molar-refractivity contribution is 5.28. The van der Waals surface area contributed by atoms with Crippen LogP contribution in [0.15, 0.2) is 24.3 Å². The predicted molar refractivity (Wildman–Crippen MR) is 74.8 cm³/mol. The van der Waals surface area contributed by atoms with Crippen LogP contribution < -0.4 is 10.5 Å². The molecule has 0 bridgehead atoms. The van der Waals surface area contributed by atoms with E-state index in [2.05, 4.69) is 19.1 Å². The van der Waals surface area contributed by atoms with Gasteiger partial charge in [0.25, 0.3) is 0 Å². The zero-order valence-electron chi connectivity index (χ0n) is 11.5. The van der Waals surface area contributed by atoms with E-state index in [1.807, 2.05) is 19.1 Å². The molecule has 0 aromatic heterocycles. The molecule has 0 aliphatic carbocycles. The summed E-state index contributed by atoms with van der Waals surface area (Å²) < 4.78 is 5.68. The van der Waals surface area contributed by atoms with E-state index < -0.39 is 5.60 Å². The molecule has 0 saturated heterocycles. The van der Waals surface area contributed by atoms with Gasteiger partial charge in [0.05, 0.1) is 12.2 Å². The van der Waals surface area contributed by atoms with Crippen molar-refractivity contribution < 1.29 is 9.84 Å². The predicted octanol–water partition coefficient (Wildman–Crippen LogP) is 2.51. The topological polar surface area (TPSA) is 55.5 Å². The molecule has 0 aliphatic rings. The van der Waals surface area contributed by atoms with Crippen molar-refractivity contribution in [2.24, 2.45) is 5.73 Å². The molecule has 3 heteroatoms. The van der Waals surface area contributed by atoms with Crippen molar-refractivity contribution in [1.29, 1.82) is 0 Å². The van der Waals surface area contributed by atoms with Gasteiger partial charge in [-0.1, -0.05) is 26.0 Å². The van der Waals surface area contributed by atoms with Gasteiger partial charge < -0.3 is 15.6 Å². The summed E-state index contributed by atoms with van der Waals surface area (Å²) in [5.41, 5.74) is 6.11. The summed E-state index contributed by atoms with van der Waals surface area (Å²) in [7, 11) is 0. The Morgan fingerprint density at radius 1 is 1.33 bits per heavy atom. The molecule has 0 aliphatic heterocycles. The van der Waals surface area contributed by atoms with Crippen LogP contribution in [-0.2, 0) is 6.42 Å². The first kappa shape index (κ1) is 15.0. The van der Waals surface area contributed by atoms with E-state index in [0.29, 0.717) is 26.0 Å². The van der Waals surface area contributed by atoms with Crippen LogP contribution in [0.25, 0.3) is 0 Å². The monoisotopic (exact) mass is 251 g/mol. The van der Waals surface area contributed by atoms with E-state index in [1.165, 1.54) is 5.56 Å². The molecule has 1 rings (SSSR count). The Morgan fingerprint density at radius 2 is 2.11 bits per heavy atom. The molecule has 0 radical (unpaired) electrons. The van der Waals surface area contributed by atoms with Crippen LogP contribution in [0.4, 0.5) is 0 Å². The van der Waals surface area contributed by atoms with Gasteiger partial charge in [-0.2, -0.15) is 0 Å². The fourth-order valence-corrected chi connectivity index (χ4v) is 1.87. The van der Waals surface area contributed by atoms with Crippen molar-refractivity contribution in [2.75, 3.05) is 13.2 Å². The summed E-state index contributed by atoms with van der Waals surface area (Å²) in [5, 5.41) is 10.0. The molecule has 1 aromatic carbocycles. The first-order valence-electron chi connectivity index (χ1n) is 6.77. The molecule has 0 saturated carbocycles. The van der Waals surface area contributed by atoms with Crippen LogP contribution in [0.1, 0.15) is 38.7 Å². The minimum Gasteiger partial charge on any atom is -0.494 e. The zero-order chi connectivity index (χ0) is 13.4. The number of nitrogens with two attached hydrogens (primary N) is 1. The fourth-order valence-electron chi connectivity index (χ4n) is 1.87. The van der Waals surface area contributed by atoms with E-state index in [1.54, 1.807) is 0 Å². The van der Waals surface area contributed by atoms with Crippen molar-refractivity contribution in [3.8, 4) is 5.75 Å². The summed E-state index contributed by atoms with van der Waals surface area (Å²) in [6, 6.07) is 8.14. The Labute approximate surface area is 110 Å². The van der Waals surface area contributed by atoms with Crippen molar-refractivity contribution >= 4 is 0 Å². The largest absolute Gasteiger partial charge is 0.494 e. The Kier molecular flexibility index (Phi) is 6.16. The van der Waals surface area contributed by atoms with E-state index >= 15 is 0 Å². The molecule has 1 aromatic rings. The first-order chi connectivity index (χ1) is 8.63. The first-order valence-corrected chi connectivity index (χ1v) is 6.77. The highest BCUT2D eigenvalue weighted by Gasteiger charge is 2.21. The van der Waals surface area contributed by atoms with Crippen molar-refractivity contribution in [3.63, 3.8) is 0 Å². The fraction of sp³-hybridized carbons (Fsp3) is 0.600. The maximum Gasteiger partial charge on any atom is 0.119 e. The lowest BCUT2D eigenvalue weighted by Gasteiger charge is -2.24. The molecule has 102 valence electrons. The van der Waals surface area contributed by atoms with Crippen LogP contribution in [0.3, 0.4) is 0 Å². The highest BCUT2D eigenvalue weighted by Crippen LogP contribution is 2.17. The average molecular weight is 251 g/mol. The van der Waals surface area contributed by atoms with E-state index in [-0.39, 0.29) is 0 Å². The summed E-state index contributed by atoms with van der Waals surface area (Å²) in [6.07, 6.45) is 3.21. The molecule has 18 heavy (non-hydrogen) atoms. The second-order valence-corrected chi connectivity index (χ2v) is 4.73. The SMILES string of the molecule is CCc1cccc(OCCCC(O)(CC)CN)c1. The molecule has 3 N–H and O–H groups in total. The molecular weight excluding hydrogens is 226 g/mol. The van der Waals surface area contributed by atoms with Gasteiger partial charge in [0, 0.05) is 6.54 Å². The minimum absolute atomic E-state index is 0.314. The molecule has 0 amide bonds. The van der Waals surface area contributed by atoms with Gasteiger partial charge in [0.2, 0.25) is 0 Å². The van der Waals surface area contributed by atoms with Gasteiger partial charge in [-0.05, 0) is 43.4 Å². The lowest BCUT2D eigenvalue weighted by Crippen LogP contribution is -2.37. The van der Waals surface area contributed by atoms with Crippen LogP contribution in [0, 0.1) is 0 Å². The van der Waals surface area contributed by atoms with Crippen LogP contribution >= 0.6 is 0 Å². The summed E-state index contributed by atoms with van der Waals surface area (Å²) >= 11 is 0. The molecular formula is C15H25NO2. The number of aryl methyl sites for hydroxylation is 1. The number of ether oxygens (including phenoxy) is 1. The van der Waals surface area contributed by atoms with Crippen molar-refractivity contribution in [1.82, 2.24) is 0 Å². The van der Waals surface area contributed by atoms with Gasteiger partial charge in [-0.25, -0.2) is 0 Å². The summed E-state index contributed by atoms with van der Waals surface area (Å²) in [6.45, 7) is 5.02. The maximum absolute atomic E-state index is 10.0. The number of rotatable bonds is 8. The third-order valence-electron chi connectivity index (χ3n) is 3.40. The van der Waals surface area contributed by atoms with Gasteiger partial charge in [0.1, 0.15) is 5.75 Å². The molecule has 3 nitrogen and oxygen atoms in total. The zero-order valence-corrected chi connectivity index (χ0v) is 11.5. The Balaban J connectivity index is 2.33. The molecule has 0 spiro atoms. The number of aliphatic hydroxyl groups is 1. The average Bonchev–Trinajstić information content (AvgIpc) is 2.43. The normalized spacial score (nSPS) is 14.2. The summed E-state index contributed by atoms with van der Waals surface area (Å²) in [5.74, 6) is 0.905. The Bertz CT molecular complexity index is 348. The van der Waals surface area contributed by atoms with Crippen LogP contribution in [0.5, 0.6) is 5.75 Å². The maximum atomic E-state index is 10.0. The van der Waals surface area contributed by atoms with Crippen LogP contribution in [0.2, 0.25) is 0 Å².